The van der Waals surface area contributed by atoms with E-state index in [1.165, 1.54) is 47.0 Å². The minimum Gasteiger partial charge on any atom is -0.340 e. The number of rotatable bonds is 22. The Bertz CT molecular complexity index is 6590. The summed E-state index contributed by atoms with van der Waals surface area (Å²) < 4.78 is 140. The molecule has 8 aromatic heterocycles. The smallest absolute Gasteiger partial charge is 0.294 e. The van der Waals surface area contributed by atoms with E-state index in [9.17, 15) is 38.1 Å². The van der Waals surface area contributed by atoms with Crippen molar-refractivity contribution in [2.24, 2.45) is 0 Å². The Kier molecular flexibility index (Phi) is 25.1. The lowest BCUT2D eigenvalue weighted by Crippen LogP contribution is -2.24. The molecule has 0 aliphatic heterocycles. The number of nitrogens with one attached hydrogen (secondary N) is 6. The van der Waals surface area contributed by atoms with Crippen LogP contribution in [0.15, 0.2) is 294 Å². The van der Waals surface area contributed by atoms with Crippen LogP contribution in [0, 0.1) is 5.82 Å². The van der Waals surface area contributed by atoms with Crippen molar-refractivity contribution < 1.29 is 47.2 Å². The molecule has 0 atom stereocenters. The van der Waals surface area contributed by atoms with Gasteiger partial charge in [-0.15, -0.1) is 0 Å². The van der Waals surface area contributed by atoms with E-state index in [-0.39, 0.29) is 19.6 Å². The van der Waals surface area contributed by atoms with Crippen molar-refractivity contribution in [1.29, 1.82) is 0 Å². The first-order valence-corrected chi connectivity index (χ1v) is 43.3. The number of fused-ring (bicyclic) bond motifs is 4. The minimum atomic E-state index is -4.27. The van der Waals surface area contributed by atoms with E-state index in [0.29, 0.717) is 80.4 Å². The zero-order valence-corrected chi connectivity index (χ0v) is 68.9. The molecule has 8 heterocycles. The van der Waals surface area contributed by atoms with Crippen LogP contribution in [0.1, 0.15) is 32.8 Å². The second-order valence-electron chi connectivity index (χ2n) is 25.1. The van der Waals surface area contributed by atoms with Gasteiger partial charge in [0.05, 0.1) is 80.6 Å². The lowest BCUT2D eigenvalue weighted by Gasteiger charge is -2.12. The Hall–Kier alpha value is -11.6. The molecule has 0 fully saturated rings. The number of anilines is 8. The van der Waals surface area contributed by atoms with Gasteiger partial charge in [-0.25, -0.2) is 50.6 Å². The molecule has 0 saturated heterocycles. The Labute approximate surface area is 685 Å². The number of aryl methyl sites for hydroxylation is 1. The standard InChI is InChI=1S/C21H20BrN5O2S.C20H18BrN5O2S.C20H18N4O3S.C18H12BrFN4O3S/c1-2-12-24-30(28,29)17-10-8-16(9-11-17)25-20-13-19(15-6-4-3-5-7-15)26-21-18(22)14-23-27(20)21;1-2-23-29(27,28)16-10-8-15(9-11-16)24-19-12-18(14-6-4-3-5-7-14)25-20-17(21)13-22-26(19)20;1-2-14-13-21-24-19(22-16-8-10-17(11-9-16)28(25,26)27)12-18(23-20(14)24)15-6-4-3-5-7-15;19-14-10-21-24-17(22-11-5-7-12(8-6-11)28(25,26)27)9-16(23-18(14)24)13-3-1-2-4-15(13)20/h3-11,13-14,24-25H,2,12H2,1H3;3-13,23-24H,2H2,1H3;3-13,22H,2H2,1H3,(H,25,26,27);1-10,22H,(H,25,26,27). The second-order valence-corrected chi connectivity index (χ2v) is 34.0. The van der Waals surface area contributed by atoms with Crippen LogP contribution < -0.4 is 30.7 Å². The molecule has 0 saturated carbocycles. The summed E-state index contributed by atoms with van der Waals surface area (Å²) in [4.78, 5) is 18.7. The molecular weight excluding hydrogens is 1750 g/mol. The van der Waals surface area contributed by atoms with Crippen LogP contribution in [0.25, 0.3) is 67.6 Å². The van der Waals surface area contributed by atoms with Crippen molar-refractivity contribution in [2.75, 3.05) is 34.4 Å². The quantitative estimate of drug-likeness (QED) is 0.0292. The first-order chi connectivity index (χ1) is 55.2. The van der Waals surface area contributed by atoms with Crippen LogP contribution in [0.4, 0.5) is 50.4 Å². The van der Waals surface area contributed by atoms with Crippen LogP contribution in [0.5, 0.6) is 0 Å². The molecule has 8 aromatic carbocycles. The Morgan fingerprint density at radius 2 is 0.670 bits per heavy atom. The minimum absolute atomic E-state index is 0.157. The third kappa shape index (κ3) is 19.5. The summed E-state index contributed by atoms with van der Waals surface area (Å²) in [6, 6.07) is 67.8. The van der Waals surface area contributed by atoms with E-state index in [1.807, 2.05) is 116 Å². The first kappa shape index (κ1) is 81.5. The highest BCUT2D eigenvalue weighted by Gasteiger charge is 2.21. The van der Waals surface area contributed by atoms with E-state index in [4.69, 9.17) is 24.1 Å². The van der Waals surface area contributed by atoms with E-state index < -0.39 is 46.1 Å². The molecule has 0 spiro atoms. The molecule has 0 aliphatic rings. The lowest BCUT2D eigenvalue weighted by atomic mass is 10.1. The third-order valence-corrected chi connectivity index (χ3v) is 23.6. The van der Waals surface area contributed by atoms with Crippen LogP contribution in [0.2, 0.25) is 0 Å². The van der Waals surface area contributed by atoms with Gasteiger partial charge in [0, 0.05) is 87.9 Å². The van der Waals surface area contributed by atoms with Crippen molar-refractivity contribution >= 4 is 157 Å². The molecule has 0 unspecified atom stereocenters. The predicted octanol–water partition coefficient (Wildman–Crippen LogP) is 17.0. The number of nitrogens with zero attached hydrogens (tertiary/aromatic N) is 12. The highest BCUT2D eigenvalue weighted by Crippen LogP contribution is 2.34. The number of hydrogen-bond acceptors (Lipinski definition) is 20. The molecule has 0 radical (unpaired) electrons. The molecular formula is C79H68Br3FN18O10S4. The Balaban J connectivity index is 0.000000134. The average molecular weight is 1820 g/mol. The third-order valence-electron chi connectivity index (χ3n) is 17.2. The average Bonchev–Trinajstić information content (AvgIpc) is 1.71. The van der Waals surface area contributed by atoms with Crippen molar-refractivity contribution in [1.82, 2.24) is 67.8 Å². The lowest BCUT2D eigenvalue weighted by molar-refractivity contribution is 0.481. The SMILES string of the molecule is CCCNS(=O)(=O)c1ccc(Nc2cc(-c3ccccc3)nc3c(Br)cnn23)cc1.CCNS(=O)(=O)c1ccc(Nc2cc(-c3ccccc3)nc3c(Br)cnn23)cc1.CCc1cnn2c(Nc3ccc(S(=O)(=O)O)cc3)cc(-c3ccccc3)nc12.O=S(=O)(O)c1ccc(Nc2cc(-c3ccccc3F)nc3c(Br)cnn23)cc1. The Morgan fingerprint density at radius 3 is 1.01 bits per heavy atom. The van der Waals surface area contributed by atoms with E-state index in [2.05, 4.69) is 111 Å². The number of aromatic nitrogens is 12. The van der Waals surface area contributed by atoms with Gasteiger partial charge in [-0.3, -0.25) is 9.11 Å². The maximum absolute atomic E-state index is 14.2. The zero-order chi connectivity index (χ0) is 81.2. The number of hydrogen-bond donors (Lipinski definition) is 8. The molecule has 8 N–H and O–H groups in total. The number of sulfonamides is 2. The van der Waals surface area contributed by atoms with Gasteiger partial charge in [-0.2, -0.15) is 55.3 Å². The monoisotopic (exact) mass is 1810 g/mol. The molecule has 16 rings (SSSR count). The van der Waals surface area contributed by atoms with Crippen molar-refractivity contribution in [3.8, 4) is 45.0 Å². The van der Waals surface area contributed by atoms with Crippen molar-refractivity contribution in [2.45, 2.75) is 53.2 Å². The van der Waals surface area contributed by atoms with Crippen LogP contribution >= 0.6 is 47.8 Å². The highest BCUT2D eigenvalue weighted by molar-refractivity contribution is 9.11. The maximum Gasteiger partial charge on any atom is 0.294 e. The molecule has 36 heteroatoms. The summed E-state index contributed by atoms with van der Waals surface area (Å²) in [5.41, 5.74) is 12.4. The van der Waals surface area contributed by atoms with Gasteiger partial charge < -0.3 is 21.3 Å². The fourth-order valence-corrected chi connectivity index (χ4v) is 15.7. The predicted molar refractivity (Wildman–Crippen MR) is 451 cm³/mol. The van der Waals surface area contributed by atoms with Crippen LogP contribution in [-0.4, -0.2) is 114 Å². The summed E-state index contributed by atoms with van der Waals surface area (Å²) in [5.74, 6) is 2.21. The highest BCUT2D eigenvalue weighted by atomic mass is 79.9. The molecule has 115 heavy (non-hydrogen) atoms. The van der Waals surface area contributed by atoms with E-state index in [1.54, 1.807) is 130 Å². The topological polar surface area (TPSA) is 370 Å². The van der Waals surface area contributed by atoms with Gasteiger partial charge in [-0.05, 0) is 170 Å². The van der Waals surface area contributed by atoms with Gasteiger partial charge in [0.15, 0.2) is 22.6 Å². The normalized spacial score (nSPS) is 11.7. The summed E-state index contributed by atoms with van der Waals surface area (Å²) in [5, 5.41) is 30.4. The molecule has 0 amide bonds. The fourth-order valence-electron chi connectivity index (χ4n) is 11.5. The Morgan fingerprint density at radius 1 is 0.365 bits per heavy atom. The van der Waals surface area contributed by atoms with Crippen molar-refractivity contribution in [3.63, 3.8) is 0 Å². The van der Waals surface area contributed by atoms with Gasteiger partial charge in [-0.1, -0.05) is 124 Å². The summed E-state index contributed by atoms with van der Waals surface area (Å²) in [6.07, 6.45) is 8.28. The number of halogens is 4. The summed E-state index contributed by atoms with van der Waals surface area (Å²) in [6.45, 7) is 6.47. The van der Waals surface area contributed by atoms with Gasteiger partial charge in [0.1, 0.15) is 29.1 Å². The molecule has 586 valence electrons. The molecule has 16 aromatic rings. The maximum atomic E-state index is 14.2. The van der Waals surface area contributed by atoms with Crippen LogP contribution in [0.3, 0.4) is 0 Å². The van der Waals surface area contributed by atoms with Crippen LogP contribution in [-0.2, 0) is 46.7 Å². The molecule has 0 bridgehead atoms. The summed E-state index contributed by atoms with van der Waals surface area (Å²) in [7, 11) is -15.5. The van der Waals surface area contributed by atoms with Crippen molar-refractivity contribution in [3.05, 3.63) is 286 Å². The largest absolute Gasteiger partial charge is 0.340 e. The second kappa shape index (κ2) is 35.5. The van der Waals surface area contributed by atoms with Gasteiger partial charge in [0.2, 0.25) is 20.0 Å². The fraction of sp³-hybridized carbons (Fsp3) is 0.0886. The molecule has 28 nitrogen and oxygen atoms in total. The van der Waals surface area contributed by atoms with Gasteiger partial charge in [0.25, 0.3) is 20.2 Å². The van der Waals surface area contributed by atoms with E-state index in [0.717, 1.165) is 78.1 Å². The number of benzene rings is 8. The summed E-state index contributed by atoms with van der Waals surface area (Å²) >= 11 is 10.4. The van der Waals surface area contributed by atoms with Gasteiger partial charge >= 0.3 is 0 Å². The zero-order valence-electron chi connectivity index (χ0n) is 60.8. The molecule has 0 aliphatic carbocycles. The van der Waals surface area contributed by atoms with E-state index >= 15 is 0 Å². The first-order valence-electron chi connectivity index (χ1n) is 35.1.